The molecule has 2 fully saturated rings. The Morgan fingerprint density at radius 2 is 1.60 bits per heavy atom. The number of rotatable bonds is 5. The molecule has 5 heteroatoms. The Hall–Kier alpha value is -1.10. The lowest BCUT2D eigenvalue weighted by atomic mass is 9.97. The van der Waals surface area contributed by atoms with Crippen molar-refractivity contribution in [3.05, 3.63) is 0 Å². The van der Waals surface area contributed by atoms with Gasteiger partial charge in [-0.15, -0.1) is 0 Å². The number of nitrogens with zero attached hydrogens (tertiary/aromatic N) is 1. The number of likely N-dealkylation sites (tertiary alicyclic amines) is 1. The summed E-state index contributed by atoms with van der Waals surface area (Å²) in [6, 6.07) is 0.287. The van der Waals surface area contributed by atoms with Crippen molar-refractivity contribution in [2.45, 2.75) is 83.1 Å². The number of methoxy groups -OCH3 is 1. The van der Waals surface area contributed by atoms with E-state index >= 15 is 0 Å². The lowest BCUT2D eigenvalue weighted by Gasteiger charge is -2.22. The lowest BCUT2D eigenvalue weighted by Crippen LogP contribution is -2.40. The van der Waals surface area contributed by atoms with Gasteiger partial charge in [-0.05, 0) is 12.8 Å². The van der Waals surface area contributed by atoms with Gasteiger partial charge in [-0.2, -0.15) is 0 Å². The molecule has 1 N–H and O–H groups in total. The Kier molecular flexibility index (Phi) is 9.30. The van der Waals surface area contributed by atoms with Gasteiger partial charge in [0.1, 0.15) is 0 Å². The van der Waals surface area contributed by atoms with Gasteiger partial charge in [-0.1, -0.05) is 57.8 Å². The molecule has 0 spiro atoms. The Morgan fingerprint density at radius 1 is 1.04 bits per heavy atom. The van der Waals surface area contributed by atoms with E-state index in [4.69, 9.17) is 4.74 Å². The monoisotopic (exact) mass is 352 g/mol. The predicted octanol–water partition coefficient (Wildman–Crippen LogP) is 3.27. The molecule has 0 aromatic rings. The average Bonchev–Trinajstić information content (AvgIpc) is 2.96. The minimum atomic E-state index is -0.189. The fraction of sp³-hybridized carbons (Fsp3) is 0.900. The Bertz CT molecular complexity index is 402. The molecule has 1 saturated carbocycles. The van der Waals surface area contributed by atoms with Crippen LogP contribution in [0, 0.1) is 5.92 Å². The van der Waals surface area contributed by atoms with E-state index in [1.54, 1.807) is 12.0 Å². The Morgan fingerprint density at radius 3 is 2.16 bits per heavy atom. The fourth-order valence-electron chi connectivity index (χ4n) is 3.99. The van der Waals surface area contributed by atoms with Crippen LogP contribution in [0.4, 0.5) is 0 Å². The smallest absolute Gasteiger partial charge is 0.225 e. The quantitative estimate of drug-likeness (QED) is 0.826. The zero-order valence-electron chi connectivity index (χ0n) is 15.9. The van der Waals surface area contributed by atoms with E-state index in [0.29, 0.717) is 26.1 Å². The zero-order chi connectivity index (χ0) is 17.9. The van der Waals surface area contributed by atoms with Gasteiger partial charge in [0.05, 0.1) is 12.5 Å². The minimum Gasteiger partial charge on any atom is -0.383 e. The first-order valence-electron chi connectivity index (χ1n) is 10.3. The average molecular weight is 353 g/mol. The molecule has 144 valence electrons. The summed E-state index contributed by atoms with van der Waals surface area (Å²) < 4.78 is 5.04. The number of nitrogens with one attached hydrogen (secondary N) is 1. The summed E-state index contributed by atoms with van der Waals surface area (Å²) in [4.78, 5) is 26.4. The summed E-state index contributed by atoms with van der Waals surface area (Å²) in [5.74, 6) is -0.0352. The molecule has 1 aliphatic carbocycles. The highest BCUT2D eigenvalue weighted by atomic mass is 16.5. The van der Waals surface area contributed by atoms with E-state index in [-0.39, 0.29) is 23.8 Å². The van der Waals surface area contributed by atoms with Crippen molar-refractivity contribution in [1.29, 1.82) is 0 Å². The van der Waals surface area contributed by atoms with Crippen LogP contribution >= 0.6 is 0 Å². The van der Waals surface area contributed by atoms with Crippen LogP contribution in [0.25, 0.3) is 0 Å². The van der Waals surface area contributed by atoms with Crippen LogP contribution in [-0.4, -0.2) is 49.6 Å². The first-order valence-corrected chi connectivity index (χ1v) is 10.3. The van der Waals surface area contributed by atoms with Crippen molar-refractivity contribution in [3.8, 4) is 0 Å². The lowest BCUT2D eigenvalue weighted by molar-refractivity contribution is -0.129. The highest BCUT2D eigenvalue weighted by Gasteiger charge is 2.34. The summed E-state index contributed by atoms with van der Waals surface area (Å²) in [5, 5.41) is 3.26. The summed E-state index contributed by atoms with van der Waals surface area (Å²) >= 11 is 0. The minimum absolute atomic E-state index is 0.0744. The van der Waals surface area contributed by atoms with Crippen molar-refractivity contribution >= 4 is 11.8 Å². The van der Waals surface area contributed by atoms with Crippen LogP contribution in [0.15, 0.2) is 0 Å². The third kappa shape index (κ3) is 7.35. The molecule has 2 aliphatic rings. The van der Waals surface area contributed by atoms with Crippen molar-refractivity contribution in [2.75, 3.05) is 26.8 Å². The van der Waals surface area contributed by atoms with Gasteiger partial charge in [0.25, 0.3) is 0 Å². The summed E-state index contributed by atoms with van der Waals surface area (Å²) in [7, 11) is 1.63. The van der Waals surface area contributed by atoms with E-state index in [1.807, 2.05) is 0 Å². The SMILES string of the molecule is COCCN1CC(C(=O)NC2CCCCCCCCCCC2)CC1=O. The van der Waals surface area contributed by atoms with Crippen LogP contribution in [-0.2, 0) is 14.3 Å². The van der Waals surface area contributed by atoms with Crippen molar-refractivity contribution in [3.63, 3.8) is 0 Å². The zero-order valence-corrected chi connectivity index (χ0v) is 15.9. The highest BCUT2D eigenvalue weighted by molar-refractivity contribution is 5.89. The maximum atomic E-state index is 12.6. The first-order chi connectivity index (χ1) is 12.2. The maximum absolute atomic E-state index is 12.6. The van der Waals surface area contributed by atoms with Crippen LogP contribution < -0.4 is 5.32 Å². The van der Waals surface area contributed by atoms with Crippen molar-refractivity contribution in [1.82, 2.24) is 10.2 Å². The number of carbonyl (C=O) groups excluding carboxylic acids is 2. The van der Waals surface area contributed by atoms with Crippen molar-refractivity contribution < 1.29 is 14.3 Å². The number of hydrogen-bond donors (Lipinski definition) is 1. The second-order valence-electron chi connectivity index (χ2n) is 7.70. The molecule has 0 aromatic carbocycles. The summed E-state index contributed by atoms with van der Waals surface area (Å²) in [6.07, 6.45) is 14.2. The van der Waals surface area contributed by atoms with Gasteiger partial charge < -0.3 is 15.0 Å². The Labute approximate surface area is 152 Å². The normalized spacial score (nSPS) is 24.6. The molecule has 1 atom stereocenters. The molecule has 1 unspecified atom stereocenters. The van der Waals surface area contributed by atoms with Gasteiger partial charge in [-0.3, -0.25) is 9.59 Å². The van der Waals surface area contributed by atoms with Gasteiger partial charge in [0.2, 0.25) is 11.8 Å². The second-order valence-corrected chi connectivity index (χ2v) is 7.70. The first kappa shape index (κ1) is 20.2. The van der Waals surface area contributed by atoms with Crippen molar-refractivity contribution in [2.24, 2.45) is 5.92 Å². The molecule has 0 bridgehead atoms. The van der Waals surface area contributed by atoms with Crippen LogP contribution in [0.1, 0.15) is 77.0 Å². The standard InChI is InChI=1S/C20H36N2O3/c1-25-14-13-22-16-17(15-19(22)23)20(24)21-18-11-9-7-5-3-2-4-6-8-10-12-18/h17-18H,2-16H2,1H3,(H,21,24). The molecule has 5 nitrogen and oxygen atoms in total. The molecule has 0 radical (unpaired) electrons. The largest absolute Gasteiger partial charge is 0.383 e. The number of carbonyl (C=O) groups is 2. The van der Waals surface area contributed by atoms with Gasteiger partial charge in [0.15, 0.2) is 0 Å². The van der Waals surface area contributed by atoms with E-state index < -0.39 is 0 Å². The summed E-state index contributed by atoms with van der Waals surface area (Å²) in [6.45, 7) is 1.66. The molecule has 25 heavy (non-hydrogen) atoms. The maximum Gasteiger partial charge on any atom is 0.225 e. The van der Waals surface area contributed by atoms with Gasteiger partial charge in [0, 0.05) is 32.7 Å². The predicted molar refractivity (Wildman–Crippen MR) is 99.3 cm³/mol. The molecular weight excluding hydrogens is 316 g/mol. The van der Waals surface area contributed by atoms with Gasteiger partial charge >= 0.3 is 0 Å². The third-order valence-electron chi connectivity index (χ3n) is 5.60. The molecule has 2 amide bonds. The number of ether oxygens (including phenoxy) is 1. The topological polar surface area (TPSA) is 58.6 Å². The molecule has 1 heterocycles. The molecule has 0 aromatic heterocycles. The molecular formula is C20H36N2O3. The Balaban J connectivity index is 1.79. The number of amides is 2. The highest BCUT2D eigenvalue weighted by Crippen LogP contribution is 2.20. The van der Waals surface area contributed by atoms with E-state index in [0.717, 1.165) is 12.8 Å². The van der Waals surface area contributed by atoms with Crippen LogP contribution in [0.2, 0.25) is 0 Å². The molecule has 1 saturated heterocycles. The second kappa shape index (κ2) is 11.5. The van der Waals surface area contributed by atoms with E-state index in [1.165, 1.54) is 57.8 Å². The molecule has 2 rings (SSSR count). The summed E-state index contributed by atoms with van der Waals surface area (Å²) in [5.41, 5.74) is 0. The third-order valence-corrected chi connectivity index (χ3v) is 5.60. The van der Waals surface area contributed by atoms with Crippen LogP contribution in [0.5, 0.6) is 0 Å². The molecule has 1 aliphatic heterocycles. The van der Waals surface area contributed by atoms with E-state index in [9.17, 15) is 9.59 Å². The van der Waals surface area contributed by atoms with E-state index in [2.05, 4.69) is 5.32 Å². The number of hydrogen-bond acceptors (Lipinski definition) is 3. The van der Waals surface area contributed by atoms with Crippen LogP contribution in [0.3, 0.4) is 0 Å². The fourth-order valence-corrected chi connectivity index (χ4v) is 3.99. The van der Waals surface area contributed by atoms with Gasteiger partial charge in [-0.25, -0.2) is 0 Å².